The van der Waals surface area contributed by atoms with Crippen molar-refractivity contribution in [2.75, 3.05) is 53.4 Å². The van der Waals surface area contributed by atoms with Gasteiger partial charge >= 0.3 is 0 Å². The molecule has 1 aromatic carbocycles. The molecule has 1 saturated carbocycles. The van der Waals surface area contributed by atoms with Crippen molar-refractivity contribution in [3.8, 4) is 0 Å². The molecular weight excluding hydrogens is 392 g/mol. The average molecular weight is 425 g/mol. The number of carbonyl (C=O) groups is 2. The highest BCUT2D eigenvalue weighted by Gasteiger charge is 2.31. The van der Waals surface area contributed by atoms with E-state index < -0.39 is 0 Å². The number of hydrogen-bond acceptors (Lipinski definition) is 5. The summed E-state index contributed by atoms with van der Waals surface area (Å²) in [5.41, 5.74) is 2.68. The van der Waals surface area contributed by atoms with Crippen LogP contribution in [0.25, 0.3) is 11.0 Å². The maximum Gasteiger partial charge on any atom is 0.253 e. The second-order valence-electron chi connectivity index (χ2n) is 9.38. The van der Waals surface area contributed by atoms with E-state index >= 15 is 0 Å². The minimum Gasteiger partial charge on any atom is -0.459 e. The lowest BCUT2D eigenvalue weighted by Gasteiger charge is -2.43. The van der Waals surface area contributed by atoms with E-state index in [2.05, 4.69) is 9.80 Å². The first kappa shape index (κ1) is 20.5. The molecule has 3 aliphatic rings. The predicted molar refractivity (Wildman–Crippen MR) is 119 cm³/mol. The summed E-state index contributed by atoms with van der Waals surface area (Å²) < 4.78 is 6.10. The summed E-state index contributed by atoms with van der Waals surface area (Å²) >= 11 is 0. The summed E-state index contributed by atoms with van der Waals surface area (Å²) in [6.45, 7) is 5.65. The lowest BCUT2D eigenvalue weighted by molar-refractivity contribution is -0.135. The summed E-state index contributed by atoms with van der Waals surface area (Å²) in [5.74, 6) is 1.15. The molecule has 2 amide bonds. The van der Waals surface area contributed by atoms with Gasteiger partial charge in [0.15, 0.2) is 0 Å². The predicted octanol–water partition coefficient (Wildman–Crippen LogP) is 2.19. The first-order valence-corrected chi connectivity index (χ1v) is 11.5. The van der Waals surface area contributed by atoms with Crippen LogP contribution >= 0.6 is 0 Å². The molecule has 0 bridgehead atoms. The minimum atomic E-state index is -0.00251. The molecule has 0 radical (unpaired) electrons. The van der Waals surface area contributed by atoms with Crippen LogP contribution in [-0.4, -0.2) is 90.8 Å². The van der Waals surface area contributed by atoms with E-state index in [0.29, 0.717) is 18.7 Å². The van der Waals surface area contributed by atoms with Crippen LogP contribution in [0.5, 0.6) is 0 Å². The molecule has 166 valence electrons. The molecule has 0 unspecified atom stereocenters. The van der Waals surface area contributed by atoms with Gasteiger partial charge in [0.25, 0.3) is 5.91 Å². The van der Waals surface area contributed by atoms with Crippen molar-refractivity contribution in [2.24, 2.45) is 0 Å². The molecule has 2 aromatic rings. The van der Waals surface area contributed by atoms with Crippen LogP contribution in [0.3, 0.4) is 0 Å². The van der Waals surface area contributed by atoms with Crippen molar-refractivity contribution in [3.63, 3.8) is 0 Å². The second-order valence-corrected chi connectivity index (χ2v) is 9.38. The van der Waals surface area contributed by atoms with Crippen molar-refractivity contribution in [1.82, 2.24) is 19.6 Å². The number of hydrogen-bond donors (Lipinski definition) is 0. The normalized spacial score (nSPS) is 20.5. The van der Waals surface area contributed by atoms with Crippen LogP contribution in [0.2, 0.25) is 0 Å². The summed E-state index contributed by atoms with van der Waals surface area (Å²) in [7, 11) is 3.53. The first-order chi connectivity index (χ1) is 15.0. The van der Waals surface area contributed by atoms with Gasteiger partial charge in [0.05, 0.1) is 13.1 Å². The van der Waals surface area contributed by atoms with Crippen molar-refractivity contribution in [2.45, 2.75) is 38.3 Å². The number of piperazine rings is 1. The van der Waals surface area contributed by atoms with E-state index in [0.717, 1.165) is 61.9 Å². The van der Waals surface area contributed by atoms with Crippen molar-refractivity contribution < 1.29 is 14.0 Å². The third-order valence-corrected chi connectivity index (χ3v) is 7.19. The Morgan fingerprint density at radius 2 is 1.87 bits per heavy atom. The highest BCUT2D eigenvalue weighted by atomic mass is 16.3. The molecule has 5 rings (SSSR count). The largest absolute Gasteiger partial charge is 0.459 e. The lowest BCUT2D eigenvalue weighted by Crippen LogP contribution is -2.55. The van der Waals surface area contributed by atoms with Crippen LogP contribution in [0.15, 0.2) is 22.6 Å². The minimum absolute atomic E-state index is 0.00251. The van der Waals surface area contributed by atoms with Gasteiger partial charge in [0, 0.05) is 69.4 Å². The second kappa shape index (κ2) is 8.28. The molecule has 3 heterocycles. The highest BCUT2D eigenvalue weighted by Crippen LogP contribution is 2.31. The number of rotatable bonds is 4. The zero-order chi connectivity index (χ0) is 21.5. The Morgan fingerprint density at radius 3 is 2.55 bits per heavy atom. The van der Waals surface area contributed by atoms with Gasteiger partial charge in [0.2, 0.25) is 5.91 Å². The fourth-order valence-corrected chi connectivity index (χ4v) is 5.06. The maximum atomic E-state index is 12.9. The first-order valence-electron chi connectivity index (χ1n) is 11.5. The van der Waals surface area contributed by atoms with Gasteiger partial charge in [-0.05, 0) is 37.5 Å². The van der Waals surface area contributed by atoms with Crippen LogP contribution < -0.4 is 0 Å². The number of nitrogens with zero attached hydrogens (tertiary/aromatic N) is 4. The van der Waals surface area contributed by atoms with Crippen molar-refractivity contribution in [1.29, 1.82) is 0 Å². The monoisotopic (exact) mass is 424 g/mol. The maximum absolute atomic E-state index is 12.9. The Kier molecular flexibility index (Phi) is 5.48. The Bertz CT molecular complexity index is 986. The van der Waals surface area contributed by atoms with E-state index in [1.54, 1.807) is 19.0 Å². The molecule has 7 nitrogen and oxygen atoms in total. The molecule has 7 heteroatoms. The van der Waals surface area contributed by atoms with Crippen LogP contribution in [-0.2, 0) is 17.8 Å². The Labute approximate surface area is 183 Å². The van der Waals surface area contributed by atoms with Gasteiger partial charge in [-0.3, -0.25) is 19.4 Å². The SMILES string of the molecule is CN(C)C(=O)c1ccc2oc3c(c2c1)CCN(CC(=O)N1CCN(C2CCC2)CC1)C3. The third kappa shape index (κ3) is 3.96. The molecule has 31 heavy (non-hydrogen) atoms. The van der Waals surface area contributed by atoms with Crippen LogP contribution in [0.4, 0.5) is 0 Å². The van der Waals surface area contributed by atoms with Gasteiger partial charge in [-0.1, -0.05) is 6.42 Å². The Morgan fingerprint density at radius 1 is 1.10 bits per heavy atom. The standard InChI is InChI=1S/C24H32N4O3/c1-25(2)24(30)17-6-7-21-20(14-17)19-8-9-26(15-22(19)31-21)16-23(29)28-12-10-27(11-13-28)18-4-3-5-18/h6-7,14,18H,3-5,8-13,15-16H2,1-2H3. The van der Waals surface area contributed by atoms with Gasteiger partial charge in [-0.25, -0.2) is 0 Å². The van der Waals surface area contributed by atoms with Crippen molar-refractivity contribution >= 4 is 22.8 Å². The number of amides is 2. The van der Waals surface area contributed by atoms with E-state index in [1.807, 2.05) is 23.1 Å². The summed E-state index contributed by atoms with van der Waals surface area (Å²) in [4.78, 5) is 33.6. The number of fused-ring (bicyclic) bond motifs is 3. The lowest BCUT2D eigenvalue weighted by atomic mass is 9.91. The Balaban J connectivity index is 1.22. The molecule has 2 fully saturated rings. The quantitative estimate of drug-likeness (QED) is 0.753. The van der Waals surface area contributed by atoms with Crippen LogP contribution in [0, 0.1) is 0 Å². The van der Waals surface area contributed by atoms with E-state index in [-0.39, 0.29) is 11.8 Å². The molecule has 0 N–H and O–H groups in total. The van der Waals surface area contributed by atoms with Gasteiger partial charge in [0.1, 0.15) is 11.3 Å². The van der Waals surface area contributed by atoms with Gasteiger partial charge in [-0.2, -0.15) is 0 Å². The molecule has 0 spiro atoms. The third-order valence-electron chi connectivity index (χ3n) is 7.19. The fourth-order valence-electron chi connectivity index (χ4n) is 5.06. The van der Waals surface area contributed by atoms with Crippen molar-refractivity contribution in [3.05, 3.63) is 35.1 Å². The highest BCUT2D eigenvalue weighted by molar-refractivity contribution is 5.98. The Hall–Kier alpha value is -2.38. The summed E-state index contributed by atoms with van der Waals surface area (Å²) in [6, 6.07) is 6.42. The van der Waals surface area contributed by atoms with E-state index in [9.17, 15) is 9.59 Å². The molecule has 1 saturated heterocycles. The molecule has 2 aliphatic heterocycles. The summed E-state index contributed by atoms with van der Waals surface area (Å²) in [5, 5.41) is 1.03. The molecule has 0 atom stereocenters. The van der Waals surface area contributed by atoms with Gasteiger partial charge in [-0.15, -0.1) is 0 Å². The van der Waals surface area contributed by atoms with E-state index in [4.69, 9.17) is 4.42 Å². The zero-order valence-electron chi connectivity index (χ0n) is 18.6. The smallest absolute Gasteiger partial charge is 0.253 e. The zero-order valence-corrected chi connectivity index (χ0v) is 18.6. The topological polar surface area (TPSA) is 60.2 Å². The average Bonchev–Trinajstić information content (AvgIpc) is 3.09. The molecule has 1 aliphatic carbocycles. The number of furan rings is 1. The van der Waals surface area contributed by atoms with Crippen LogP contribution in [0.1, 0.15) is 40.9 Å². The summed E-state index contributed by atoms with van der Waals surface area (Å²) in [6.07, 6.45) is 4.85. The fraction of sp³-hybridized carbons (Fsp3) is 0.583. The number of benzene rings is 1. The number of carbonyl (C=O) groups excluding carboxylic acids is 2. The molecular formula is C24H32N4O3. The molecule has 1 aromatic heterocycles. The van der Waals surface area contributed by atoms with Gasteiger partial charge < -0.3 is 14.2 Å². The van der Waals surface area contributed by atoms with E-state index in [1.165, 1.54) is 24.8 Å².